The lowest BCUT2D eigenvalue weighted by Crippen LogP contribution is -2.30. The first-order chi connectivity index (χ1) is 12.6. The topological polar surface area (TPSA) is 99.0 Å². The maximum atomic E-state index is 11.3. The summed E-state index contributed by atoms with van der Waals surface area (Å²) in [4.78, 5) is 17.1. The van der Waals surface area contributed by atoms with Crippen molar-refractivity contribution in [3.05, 3.63) is 46.5 Å². The number of pyridine rings is 1. The molecule has 0 spiro atoms. The van der Waals surface area contributed by atoms with Crippen LogP contribution >= 0.6 is 0 Å². The van der Waals surface area contributed by atoms with E-state index < -0.39 is 4.92 Å². The summed E-state index contributed by atoms with van der Waals surface area (Å²) in [7, 11) is 3.41. The molecule has 1 aliphatic heterocycles. The average Bonchev–Trinajstić information content (AvgIpc) is 3.15. The number of nitro groups is 1. The molecular weight excluding hydrogens is 340 g/mol. The quantitative estimate of drug-likeness (QED) is 0.594. The zero-order chi connectivity index (χ0) is 18.5. The van der Waals surface area contributed by atoms with Crippen LogP contribution in [-0.4, -0.2) is 50.1 Å². The minimum Gasteiger partial charge on any atom is -0.497 e. The Bertz CT molecular complexity index is 762. The van der Waals surface area contributed by atoms with Crippen LogP contribution in [0, 0.1) is 10.1 Å². The van der Waals surface area contributed by atoms with Crippen molar-refractivity contribution in [2.75, 3.05) is 44.1 Å². The minimum atomic E-state index is -0.466. The number of anilines is 3. The van der Waals surface area contributed by atoms with Gasteiger partial charge in [-0.05, 0) is 30.3 Å². The maximum Gasteiger partial charge on any atom is 0.311 e. The third-order valence-corrected chi connectivity index (χ3v) is 3.91. The van der Waals surface area contributed by atoms with Gasteiger partial charge in [-0.25, -0.2) is 4.98 Å². The highest BCUT2D eigenvalue weighted by atomic mass is 16.7. The molecule has 9 nitrogen and oxygen atoms in total. The maximum absolute atomic E-state index is 11.3. The summed E-state index contributed by atoms with van der Waals surface area (Å²) in [6.45, 7) is 1.61. The van der Waals surface area contributed by atoms with Crippen molar-refractivity contribution >= 4 is 23.0 Å². The zero-order valence-electron chi connectivity index (χ0n) is 14.5. The van der Waals surface area contributed by atoms with E-state index in [4.69, 9.17) is 14.2 Å². The molecule has 9 heteroatoms. The van der Waals surface area contributed by atoms with Crippen molar-refractivity contribution in [2.24, 2.45) is 0 Å². The predicted molar refractivity (Wildman–Crippen MR) is 96.1 cm³/mol. The van der Waals surface area contributed by atoms with E-state index >= 15 is 0 Å². The van der Waals surface area contributed by atoms with Gasteiger partial charge in [0.1, 0.15) is 11.6 Å². The number of nitrogens with one attached hydrogen (secondary N) is 1. The molecule has 1 aliphatic rings. The van der Waals surface area contributed by atoms with Gasteiger partial charge in [0.2, 0.25) is 5.82 Å². The molecule has 1 N–H and O–H groups in total. The average molecular weight is 360 g/mol. The van der Waals surface area contributed by atoms with Crippen molar-refractivity contribution in [3.8, 4) is 5.75 Å². The van der Waals surface area contributed by atoms with Crippen LogP contribution < -0.4 is 15.0 Å². The SMILES string of the molecule is COc1ccc(Nc2nc(N(C)CC3OCCO3)ccc2[N+](=O)[O-])cc1. The molecule has 1 saturated heterocycles. The van der Waals surface area contributed by atoms with Crippen LogP contribution in [0.4, 0.5) is 23.0 Å². The highest BCUT2D eigenvalue weighted by molar-refractivity contribution is 5.68. The molecule has 0 unspecified atom stereocenters. The van der Waals surface area contributed by atoms with E-state index in [0.717, 1.165) is 0 Å². The van der Waals surface area contributed by atoms with E-state index in [9.17, 15) is 10.1 Å². The molecule has 0 bridgehead atoms. The third-order valence-electron chi connectivity index (χ3n) is 3.91. The first-order valence-corrected chi connectivity index (χ1v) is 8.07. The van der Waals surface area contributed by atoms with Crippen molar-refractivity contribution < 1.29 is 19.1 Å². The van der Waals surface area contributed by atoms with Crippen LogP contribution in [0.15, 0.2) is 36.4 Å². The van der Waals surface area contributed by atoms with Crippen molar-refractivity contribution in [1.29, 1.82) is 0 Å². The van der Waals surface area contributed by atoms with E-state index in [1.165, 1.54) is 6.07 Å². The van der Waals surface area contributed by atoms with Gasteiger partial charge in [-0.3, -0.25) is 10.1 Å². The Hall–Kier alpha value is -2.91. The van der Waals surface area contributed by atoms with Crippen LogP contribution in [-0.2, 0) is 9.47 Å². The highest BCUT2D eigenvalue weighted by Crippen LogP contribution is 2.29. The standard InChI is InChI=1S/C17H20N4O5/c1-20(11-16-25-9-10-26-16)15-8-7-14(21(22)23)17(19-15)18-12-3-5-13(24-2)6-4-12/h3-8,16H,9-11H2,1-2H3,(H,18,19). The fourth-order valence-corrected chi connectivity index (χ4v) is 2.53. The molecule has 0 radical (unpaired) electrons. The number of hydrogen-bond acceptors (Lipinski definition) is 8. The Morgan fingerprint density at radius 2 is 1.96 bits per heavy atom. The molecule has 138 valence electrons. The number of rotatable bonds is 7. The van der Waals surface area contributed by atoms with Crippen molar-refractivity contribution in [1.82, 2.24) is 4.98 Å². The summed E-state index contributed by atoms with van der Waals surface area (Å²) in [5.41, 5.74) is 0.565. The smallest absolute Gasteiger partial charge is 0.311 e. The normalized spacial score (nSPS) is 14.2. The lowest BCUT2D eigenvalue weighted by atomic mass is 10.3. The number of aromatic nitrogens is 1. The van der Waals surface area contributed by atoms with E-state index in [1.807, 2.05) is 11.9 Å². The lowest BCUT2D eigenvalue weighted by molar-refractivity contribution is -0.384. The molecule has 2 aromatic rings. The minimum absolute atomic E-state index is 0.105. The van der Waals surface area contributed by atoms with Crippen LogP contribution in [0.25, 0.3) is 0 Å². The van der Waals surface area contributed by atoms with Gasteiger partial charge in [0.15, 0.2) is 6.29 Å². The third kappa shape index (κ3) is 4.19. The summed E-state index contributed by atoms with van der Waals surface area (Å²) >= 11 is 0. The van der Waals surface area contributed by atoms with E-state index in [2.05, 4.69) is 10.3 Å². The lowest BCUT2D eigenvalue weighted by Gasteiger charge is -2.21. The van der Waals surface area contributed by atoms with Gasteiger partial charge in [0.05, 0.1) is 31.8 Å². The summed E-state index contributed by atoms with van der Waals surface area (Å²) in [6, 6.07) is 10.1. The van der Waals surface area contributed by atoms with E-state index in [0.29, 0.717) is 37.0 Å². The van der Waals surface area contributed by atoms with Crippen LogP contribution in [0.2, 0.25) is 0 Å². The second-order valence-corrected chi connectivity index (χ2v) is 5.70. The number of benzene rings is 1. The van der Waals surface area contributed by atoms with Gasteiger partial charge in [-0.1, -0.05) is 0 Å². The van der Waals surface area contributed by atoms with Gasteiger partial charge >= 0.3 is 5.69 Å². The molecule has 0 saturated carbocycles. The fourth-order valence-electron chi connectivity index (χ4n) is 2.53. The molecule has 1 fully saturated rings. The summed E-state index contributed by atoms with van der Waals surface area (Å²) in [5.74, 6) is 1.44. The van der Waals surface area contributed by atoms with Crippen LogP contribution in [0.1, 0.15) is 0 Å². The second-order valence-electron chi connectivity index (χ2n) is 5.70. The number of hydrogen-bond donors (Lipinski definition) is 1. The molecule has 1 aromatic carbocycles. The summed E-state index contributed by atoms with van der Waals surface area (Å²) in [5, 5.41) is 14.3. The van der Waals surface area contributed by atoms with Crippen LogP contribution in [0.3, 0.4) is 0 Å². The summed E-state index contributed by atoms with van der Waals surface area (Å²) < 4.78 is 16.0. The Morgan fingerprint density at radius 3 is 2.58 bits per heavy atom. The predicted octanol–water partition coefficient (Wildman–Crippen LogP) is 2.55. The van der Waals surface area contributed by atoms with Gasteiger partial charge < -0.3 is 24.4 Å². The molecule has 0 amide bonds. The van der Waals surface area contributed by atoms with Crippen molar-refractivity contribution in [2.45, 2.75) is 6.29 Å². The number of likely N-dealkylation sites (N-methyl/N-ethyl adjacent to an activating group) is 1. The van der Waals surface area contributed by atoms with E-state index in [1.54, 1.807) is 37.4 Å². The van der Waals surface area contributed by atoms with E-state index in [-0.39, 0.29) is 17.8 Å². The van der Waals surface area contributed by atoms with Crippen LogP contribution in [0.5, 0.6) is 5.75 Å². The first-order valence-electron chi connectivity index (χ1n) is 8.07. The van der Waals surface area contributed by atoms with Crippen molar-refractivity contribution in [3.63, 3.8) is 0 Å². The molecule has 3 rings (SSSR count). The number of nitrogens with zero attached hydrogens (tertiary/aromatic N) is 3. The Balaban J connectivity index is 1.82. The van der Waals surface area contributed by atoms with Gasteiger partial charge in [0.25, 0.3) is 0 Å². The monoisotopic (exact) mass is 360 g/mol. The highest BCUT2D eigenvalue weighted by Gasteiger charge is 2.21. The number of methoxy groups -OCH3 is 1. The van der Waals surface area contributed by atoms with Gasteiger partial charge in [-0.15, -0.1) is 0 Å². The molecule has 2 heterocycles. The molecule has 26 heavy (non-hydrogen) atoms. The second kappa shape index (κ2) is 7.98. The molecule has 1 aromatic heterocycles. The molecular formula is C17H20N4O5. The fraction of sp³-hybridized carbons (Fsp3) is 0.353. The largest absolute Gasteiger partial charge is 0.497 e. The van der Waals surface area contributed by atoms with Gasteiger partial charge in [0, 0.05) is 18.8 Å². The zero-order valence-corrected chi connectivity index (χ0v) is 14.5. The molecule has 0 atom stereocenters. The number of ether oxygens (including phenoxy) is 3. The Morgan fingerprint density at radius 1 is 1.27 bits per heavy atom. The molecule has 0 aliphatic carbocycles. The van der Waals surface area contributed by atoms with Gasteiger partial charge in [-0.2, -0.15) is 0 Å². The summed E-state index contributed by atoms with van der Waals surface area (Å²) in [6.07, 6.45) is -0.324. The Labute approximate surface area is 150 Å². The first kappa shape index (κ1) is 17.9. The Kier molecular flexibility index (Phi) is 5.49.